The SMILES string of the molecule is CN=C(NCCc1ccco1)NCc1ccc(OC(C)C)nc1. The highest BCUT2D eigenvalue weighted by Gasteiger charge is 2.02. The third-order valence-electron chi connectivity index (χ3n) is 3.08. The van der Waals surface area contributed by atoms with E-state index in [1.54, 1.807) is 19.5 Å². The molecule has 0 bridgehead atoms. The Morgan fingerprint density at radius 1 is 1.30 bits per heavy atom. The quantitative estimate of drug-likeness (QED) is 0.606. The molecular formula is C17H24N4O2. The van der Waals surface area contributed by atoms with E-state index in [2.05, 4.69) is 20.6 Å². The normalized spacial score (nSPS) is 11.6. The second-order valence-corrected chi connectivity index (χ2v) is 5.35. The molecule has 0 aliphatic heterocycles. The Bertz CT molecular complexity index is 592. The van der Waals surface area contributed by atoms with Gasteiger partial charge >= 0.3 is 0 Å². The number of furan rings is 1. The van der Waals surface area contributed by atoms with Crippen LogP contribution in [0, 0.1) is 0 Å². The van der Waals surface area contributed by atoms with Crippen LogP contribution in [0.4, 0.5) is 0 Å². The summed E-state index contributed by atoms with van der Waals surface area (Å²) in [4.78, 5) is 8.48. The van der Waals surface area contributed by atoms with Crippen LogP contribution < -0.4 is 15.4 Å². The molecule has 2 rings (SSSR count). The van der Waals surface area contributed by atoms with Gasteiger partial charge in [0.05, 0.1) is 12.4 Å². The zero-order valence-electron chi connectivity index (χ0n) is 13.9. The zero-order valence-corrected chi connectivity index (χ0v) is 13.9. The van der Waals surface area contributed by atoms with E-state index in [0.717, 1.165) is 30.2 Å². The number of guanidine groups is 1. The minimum Gasteiger partial charge on any atom is -0.475 e. The Hall–Kier alpha value is -2.50. The van der Waals surface area contributed by atoms with Crippen LogP contribution in [0.15, 0.2) is 46.1 Å². The molecule has 124 valence electrons. The molecule has 2 N–H and O–H groups in total. The van der Waals surface area contributed by atoms with Crippen LogP contribution in [-0.2, 0) is 13.0 Å². The zero-order chi connectivity index (χ0) is 16.5. The number of pyridine rings is 1. The molecule has 0 aliphatic rings. The van der Waals surface area contributed by atoms with Crippen molar-refractivity contribution in [3.63, 3.8) is 0 Å². The van der Waals surface area contributed by atoms with E-state index in [1.807, 2.05) is 38.1 Å². The summed E-state index contributed by atoms with van der Waals surface area (Å²) in [7, 11) is 1.75. The fraction of sp³-hybridized carbons (Fsp3) is 0.412. The van der Waals surface area contributed by atoms with Crippen molar-refractivity contribution >= 4 is 5.96 Å². The average molecular weight is 316 g/mol. The second kappa shape index (κ2) is 8.82. The summed E-state index contributed by atoms with van der Waals surface area (Å²) < 4.78 is 10.8. The van der Waals surface area contributed by atoms with Gasteiger partial charge in [0.15, 0.2) is 5.96 Å². The third kappa shape index (κ3) is 6.02. The van der Waals surface area contributed by atoms with E-state index in [0.29, 0.717) is 12.4 Å². The number of nitrogens with one attached hydrogen (secondary N) is 2. The standard InChI is InChI=1S/C17H24N4O2/c1-13(2)23-16-7-6-14(11-20-16)12-21-17(18-3)19-9-8-15-5-4-10-22-15/h4-7,10-11,13H,8-9,12H2,1-3H3,(H2,18,19,21). The molecule has 0 unspecified atom stereocenters. The van der Waals surface area contributed by atoms with E-state index in [-0.39, 0.29) is 6.10 Å². The van der Waals surface area contributed by atoms with E-state index in [9.17, 15) is 0 Å². The Balaban J connectivity index is 1.74. The molecule has 0 saturated carbocycles. The number of aliphatic imine (C=N–C) groups is 1. The lowest BCUT2D eigenvalue weighted by atomic mass is 10.3. The molecule has 6 nitrogen and oxygen atoms in total. The van der Waals surface area contributed by atoms with Crippen molar-refractivity contribution in [3.05, 3.63) is 48.0 Å². The van der Waals surface area contributed by atoms with Crippen LogP contribution in [0.1, 0.15) is 25.2 Å². The van der Waals surface area contributed by atoms with Crippen LogP contribution in [0.5, 0.6) is 5.88 Å². The molecule has 0 aliphatic carbocycles. The monoisotopic (exact) mass is 316 g/mol. The first-order valence-corrected chi connectivity index (χ1v) is 7.76. The number of rotatable bonds is 7. The van der Waals surface area contributed by atoms with E-state index in [4.69, 9.17) is 9.15 Å². The highest BCUT2D eigenvalue weighted by Crippen LogP contribution is 2.09. The van der Waals surface area contributed by atoms with Crippen molar-refractivity contribution in [2.45, 2.75) is 32.9 Å². The first kappa shape index (κ1) is 16.9. The summed E-state index contributed by atoms with van der Waals surface area (Å²) >= 11 is 0. The highest BCUT2D eigenvalue weighted by atomic mass is 16.5. The van der Waals surface area contributed by atoms with Crippen molar-refractivity contribution in [2.24, 2.45) is 4.99 Å². The Kier molecular flexibility index (Phi) is 6.47. The van der Waals surface area contributed by atoms with E-state index in [1.165, 1.54) is 0 Å². The topological polar surface area (TPSA) is 71.7 Å². The molecule has 2 aromatic heterocycles. The molecule has 0 saturated heterocycles. The number of hydrogen-bond donors (Lipinski definition) is 2. The lowest BCUT2D eigenvalue weighted by Crippen LogP contribution is -2.37. The van der Waals surface area contributed by atoms with Gasteiger partial charge in [-0.15, -0.1) is 0 Å². The molecule has 0 aromatic carbocycles. The van der Waals surface area contributed by atoms with E-state index >= 15 is 0 Å². The summed E-state index contributed by atoms with van der Waals surface area (Å²) in [6.45, 7) is 5.37. The summed E-state index contributed by atoms with van der Waals surface area (Å²) in [5.74, 6) is 2.35. The van der Waals surface area contributed by atoms with Gasteiger partial charge in [-0.2, -0.15) is 0 Å². The minimum absolute atomic E-state index is 0.128. The molecule has 2 heterocycles. The van der Waals surface area contributed by atoms with Gasteiger partial charge in [-0.3, -0.25) is 4.99 Å². The summed E-state index contributed by atoms with van der Waals surface area (Å²) in [6.07, 6.45) is 4.43. The fourth-order valence-corrected chi connectivity index (χ4v) is 1.99. The number of nitrogens with zero attached hydrogens (tertiary/aromatic N) is 2. The van der Waals surface area contributed by atoms with Gasteiger partial charge in [0.2, 0.25) is 5.88 Å². The molecular weight excluding hydrogens is 292 g/mol. The minimum atomic E-state index is 0.128. The predicted octanol–water partition coefficient (Wildman–Crippen LogP) is 2.37. The molecule has 6 heteroatoms. The number of aromatic nitrogens is 1. The van der Waals surface area contributed by atoms with Crippen LogP contribution >= 0.6 is 0 Å². The van der Waals surface area contributed by atoms with Crippen LogP contribution in [0.3, 0.4) is 0 Å². The molecule has 0 fully saturated rings. The van der Waals surface area contributed by atoms with Crippen molar-refractivity contribution in [1.82, 2.24) is 15.6 Å². The molecule has 2 aromatic rings. The van der Waals surface area contributed by atoms with Gasteiger partial charge in [0.1, 0.15) is 5.76 Å². The summed E-state index contributed by atoms with van der Waals surface area (Å²) in [6, 6.07) is 7.73. The van der Waals surface area contributed by atoms with Gasteiger partial charge in [0, 0.05) is 38.8 Å². The predicted molar refractivity (Wildman–Crippen MR) is 90.6 cm³/mol. The Morgan fingerprint density at radius 2 is 2.17 bits per heavy atom. The molecule has 0 radical (unpaired) electrons. The van der Waals surface area contributed by atoms with Crippen molar-refractivity contribution in [1.29, 1.82) is 0 Å². The third-order valence-corrected chi connectivity index (χ3v) is 3.08. The lowest BCUT2D eigenvalue weighted by molar-refractivity contribution is 0.232. The maximum Gasteiger partial charge on any atom is 0.213 e. The first-order chi connectivity index (χ1) is 11.2. The Labute approximate surface area is 137 Å². The molecule has 23 heavy (non-hydrogen) atoms. The van der Waals surface area contributed by atoms with Crippen molar-refractivity contribution in [2.75, 3.05) is 13.6 Å². The highest BCUT2D eigenvalue weighted by molar-refractivity contribution is 5.79. The first-order valence-electron chi connectivity index (χ1n) is 7.76. The van der Waals surface area contributed by atoms with Crippen molar-refractivity contribution < 1.29 is 9.15 Å². The van der Waals surface area contributed by atoms with Gasteiger partial charge in [-0.25, -0.2) is 4.98 Å². The molecule has 0 atom stereocenters. The largest absolute Gasteiger partial charge is 0.475 e. The van der Waals surface area contributed by atoms with Gasteiger partial charge in [-0.05, 0) is 31.5 Å². The fourth-order valence-electron chi connectivity index (χ4n) is 1.99. The summed E-state index contributed by atoms with van der Waals surface area (Å²) in [5.41, 5.74) is 1.06. The van der Waals surface area contributed by atoms with Crippen LogP contribution in [0.25, 0.3) is 0 Å². The summed E-state index contributed by atoms with van der Waals surface area (Å²) in [5, 5.41) is 6.50. The number of ether oxygens (including phenoxy) is 1. The maximum atomic E-state index is 5.53. The Morgan fingerprint density at radius 3 is 2.78 bits per heavy atom. The number of hydrogen-bond acceptors (Lipinski definition) is 4. The van der Waals surface area contributed by atoms with Gasteiger partial charge in [0.25, 0.3) is 0 Å². The maximum absolute atomic E-state index is 5.53. The van der Waals surface area contributed by atoms with E-state index < -0.39 is 0 Å². The van der Waals surface area contributed by atoms with Gasteiger partial charge in [-0.1, -0.05) is 6.07 Å². The molecule has 0 spiro atoms. The van der Waals surface area contributed by atoms with Crippen LogP contribution in [-0.4, -0.2) is 30.6 Å². The van der Waals surface area contributed by atoms with Gasteiger partial charge < -0.3 is 19.8 Å². The molecule has 0 amide bonds. The van der Waals surface area contributed by atoms with Crippen LogP contribution in [0.2, 0.25) is 0 Å². The second-order valence-electron chi connectivity index (χ2n) is 5.35. The lowest BCUT2D eigenvalue weighted by Gasteiger charge is -2.12. The average Bonchev–Trinajstić information content (AvgIpc) is 3.05. The smallest absolute Gasteiger partial charge is 0.213 e. The van der Waals surface area contributed by atoms with Crippen molar-refractivity contribution in [3.8, 4) is 5.88 Å².